The van der Waals surface area contributed by atoms with E-state index in [0.29, 0.717) is 21.7 Å². The number of nitrogens with zero attached hydrogens (tertiary/aromatic N) is 1. The topological polar surface area (TPSA) is 62.2 Å². The Hall–Kier alpha value is -1.10. The molecule has 1 fully saturated rings. The van der Waals surface area contributed by atoms with E-state index in [1.807, 2.05) is 0 Å². The van der Waals surface area contributed by atoms with Crippen LogP contribution >= 0.6 is 11.5 Å². The molecule has 1 aliphatic rings. The Kier molecular flexibility index (Phi) is 3.38. The molecule has 1 aromatic rings. The summed E-state index contributed by atoms with van der Waals surface area (Å²) in [5.41, 5.74) is 1.32. The molecule has 0 aliphatic heterocycles. The van der Waals surface area contributed by atoms with Crippen molar-refractivity contribution in [2.24, 2.45) is 5.41 Å². The molecule has 0 radical (unpaired) electrons. The van der Waals surface area contributed by atoms with Crippen molar-refractivity contribution < 1.29 is 9.90 Å². The summed E-state index contributed by atoms with van der Waals surface area (Å²) in [5, 5.41) is 13.1. The maximum atomic E-state index is 11.1. The van der Waals surface area contributed by atoms with Crippen LogP contribution in [-0.4, -0.2) is 22.0 Å². The van der Waals surface area contributed by atoms with E-state index >= 15 is 0 Å². The third-order valence-electron chi connectivity index (χ3n) is 3.86. The summed E-state index contributed by atoms with van der Waals surface area (Å²) < 4.78 is 4.11. The normalized spacial score (nSPS) is 17.5. The Labute approximate surface area is 105 Å². The van der Waals surface area contributed by atoms with Crippen LogP contribution in [0.2, 0.25) is 0 Å². The number of hydrogen-bond donors (Lipinski definition) is 2. The van der Waals surface area contributed by atoms with Crippen LogP contribution in [0.15, 0.2) is 0 Å². The number of carboxylic acid groups (broad SMARTS) is 1. The number of aromatic nitrogens is 1. The Bertz CT molecular complexity index is 419. The molecule has 2 rings (SSSR count). The minimum Gasteiger partial charge on any atom is -0.478 e. The third-order valence-corrected chi connectivity index (χ3v) is 4.76. The van der Waals surface area contributed by atoms with Gasteiger partial charge in [0.05, 0.1) is 5.69 Å². The lowest BCUT2D eigenvalue weighted by Gasteiger charge is -2.41. The summed E-state index contributed by atoms with van der Waals surface area (Å²) in [6, 6.07) is 0. The Morgan fingerprint density at radius 1 is 1.59 bits per heavy atom. The number of anilines is 1. The third kappa shape index (κ3) is 2.29. The first-order valence-electron chi connectivity index (χ1n) is 6.01. The summed E-state index contributed by atoms with van der Waals surface area (Å²) in [4.78, 5) is 11.1. The monoisotopic (exact) mass is 254 g/mol. The first kappa shape index (κ1) is 12.4. The molecular weight excluding hydrogens is 236 g/mol. The zero-order valence-corrected chi connectivity index (χ0v) is 11.1. The average molecular weight is 254 g/mol. The van der Waals surface area contributed by atoms with Gasteiger partial charge >= 0.3 is 5.97 Å². The van der Waals surface area contributed by atoms with Gasteiger partial charge < -0.3 is 10.4 Å². The standard InChI is InChI=1S/C12H18N2O2S/c1-3-12(5-4-6-12)7-13-10-9(11(15)16)8(2)14-17-10/h13H,3-7H2,1-2H3,(H,15,16). The van der Waals surface area contributed by atoms with Crippen LogP contribution in [0.5, 0.6) is 0 Å². The van der Waals surface area contributed by atoms with Crippen LogP contribution < -0.4 is 5.32 Å². The number of aromatic carboxylic acids is 1. The molecule has 2 N–H and O–H groups in total. The van der Waals surface area contributed by atoms with Gasteiger partial charge in [0.15, 0.2) is 0 Å². The van der Waals surface area contributed by atoms with Gasteiger partial charge in [0.1, 0.15) is 10.6 Å². The molecular formula is C12H18N2O2S. The first-order chi connectivity index (χ1) is 8.08. The van der Waals surface area contributed by atoms with Crippen LogP contribution in [0.25, 0.3) is 0 Å². The molecule has 0 spiro atoms. The van der Waals surface area contributed by atoms with E-state index in [1.165, 1.54) is 30.8 Å². The zero-order valence-electron chi connectivity index (χ0n) is 10.2. The van der Waals surface area contributed by atoms with Crippen LogP contribution in [0, 0.1) is 12.3 Å². The second kappa shape index (κ2) is 4.64. The van der Waals surface area contributed by atoms with Gasteiger partial charge in [-0.25, -0.2) is 4.79 Å². The predicted octanol–water partition coefficient (Wildman–Crippen LogP) is 3.14. The summed E-state index contributed by atoms with van der Waals surface area (Å²) >= 11 is 1.25. The second-order valence-electron chi connectivity index (χ2n) is 4.84. The van der Waals surface area contributed by atoms with Gasteiger partial charge in [0.25, 0.3) is 0 Å². The van der Waals surface area contributed by atoms with Gasteiger partial charge in [-0.1, -0.05) is 13.3 Å². The maximum Gasteiger partial charge on any atom is 0.340 e. The van der Waals surface area contributed by atoms with Crippen molar-refractivity contribution in [2.75, 3.05) is 11.9 Å². The fourth-order valence-corrected chi connectivity index (χ4v) is 3.12. The van der Waals surface area contributed by atoms with E-state index in [-0.39, 0.29) is 0 Å². The number of hydrogen-bond acceptors (Lipinski definition) is 4. The van der Waals surface area contributed by atoms with Gasteiger partial charge in [-0.05, 0) is 43.1 Å². The van der Waals surface area contributed by atoms with Crippen molar-refractivity contribution in [3.05, 3.63) is 11.3 Å². The summed E-state index contributed by atoms with van der Waals surface area (Å²) in [6.07, 6.45) is 4.94. The van der Waals surface area contributed by atoms with Crippen LogP contribution in [0.1, 0.15) is 48.7 Å². The molecule has 0 bridgehead atoms. The van der Waals surface area contributed by atoms with Crippen LogP contribution in [0.4, 0.5) is 5.00 Å². The quantitative estimate of drug-likeness (QED) is 0.847. The highest BCUT2D eigenvalue weighted by atomic mass is 32.1. The molecule has 17 heavy (non-hydrogen) atoms. The molecule has 0 amide bonds. The van der Waals surface area contributed by atoms with Crippen molar-refractivity contribution >= 4 is 22.5 Å². The zero-order chi connectivity index (χ0) is 12.5. The Morgan fingerprint density at radius 3 is 2.76 bits per heavy atom. The molecule has 0 aromatic carbocycles. The largest absolute Gasteiger partial charge is 0.478 e. The number of carboxylic acids is 1. The van der Waals surface area contributed by atoms with E-state index in [4.69, 9.17) is 5.11 Å². The van der Waals surface area contributed by atoms with Crippen molar-refractivity contribution in [3.8, 4) is 0 Å². The van der Waals surface area contributed by atoms with Crippen LogP contribution in [-0.2, 0) is 0 Å². The predicted molar refractivity (Wildman–Crippen MR) is 68.9 cm³/mol. The van der Waals surface area contributed by atoms with E-state index in [0.717, 1.165) is 13.0 Å². The van der Waals surface area contributed by atoms with Gasteiger partial charge in [-0.2, -0.15) is 4.37 Å². The first-order valence-corrected chi connectivity index (χ1v) is 6.79. The highest BCUT2D eigenvalue weighted by Gasteiger charge is 2.35. The number of aryl methyl sites for hydroxylation is 1. The molecule has 1 aromatic heterocycles. The van der Waals surface area contributed by atoms with Gasteiger partial charge in [-0.3, -0.25) is 0 Å². The van der Waals surface area contributed by atoms with Crippen LogP contribution in [0.3, 0.4) is 0 Å². The van der Waals surface area contributed by atoms with Gasteiger partial charge in [0.2, 0.25) is 0 Å². The van der Waals surface area contributed by atoms with Crippen molar-refractivity contribution in [1.29, 1.82) is 0 Å². The van der Waals surface area contributed by atoms with Crippen molar-refractivity contribution in [2.45, 2.75) is 39.5 Å². The number of rotatable bonds is 5. The van der Waals surface area contributed by atoms with Gasteiger partial charge in [0, 0.05) is 6.54 Å². The maximum absolute atomic E-state index is 11.1. The minimum absolute atomic E-state index is 0.334. The summed E-state index contributed by atoms with van der Waals surface area (Å²) in [7, 11) is 0. The average Bonchev–Trinajstić information content (AvgIpc) is 2.59. The molecule has 1 heterocycles. The molecule has 1 saturated carbocycles. The van der Waals surface area contributed by atoms with Crippen molar-refractivity contribution in [1.82, 2.24) is 4.37 Å². The molecule has 1 aliphatic carbocycles. The van der Waals surface area contributed by atoms with E-state index in [9.17, 15) is 4.79 Å². The lowest BCUT2D eigenvalue weighted by atomic mass is 9.67. The molecule has 94 valence electrons. The van der Waals surface area contributed by atoms with Gasteiger partial charge in [-0.15, -0.1) is 0 Å². The SMILES string of the molecule is CCC1(CNc2snc(C)c2C(=O)O)CCC1. The van der Waals surface area contributed by atoms with E-state index in [2.05, 4.69) is 16.6 Å². The highest BCUT2D eigenvalue weighted by Crippen LogP contribution is 2.44. The Balaban J connectivity index is 2.06. The molecule has 4 nitrogen and oxygen atoms in total. The minimum atomic E-state index is -0.891. The highest BCUT2D eigenvalue weighted by molar-refractivity contribution is 7.10. The molecule has 0 atom stereocenters. The number of nitrogens with one attached hydrogen (secondary N) is 1. The Morgan fingerprint density at radius 2 is 2.29 bits per heavy atom. The summed E-state index contributed by atoms with van der Waals surface area (Å²) in [6.45, 7) is 4.81. The van der Waals surface area contributed by atoms with E-state index < -0.39 is 5.97 Å². The fourth-order valence-electron chi connectivity index (χ4n) is 2.34. The lowest BCUT2D eigenvalue weighted by molar-refractivity contribution is 0.0697. The molecule has 5 heteroatoms. The smallest absolute Gasteiger partial charge is 0.340 e. The fraction of sp³-hybridized carbons (Fsp3) is 0.667. The number of carbonyl (C=O) groups is 1. The van der Waals surface area contributed by atoms with E-state index in [1.54, 1.807) is 6.92 Å². The second-order valence-corrected chi connectivity index (χ2v) is 5.61. The molecule has 0 unspecified atom stereocenters. The lowest BCUT2D eigenvalue weighted by Crippen LogP contribution is -2.35. The van der Waals surface area contributed by atoms with Crippen molar-refractivity contribution in [3.63, 3.8) is 0 Å². The molecule has 0 saturated heterocycles. The summed E-state index contributed by atoms with van der Waals surface area (Å²) in [5.74, 6) is -0.891.